The van der Waals surface area contributed by atoms with Crippen LogP contribution in [0.5, 0.6) is 23.0 Å². The summed E-state index contributed by atoms with van der Waals surface area (Å²) in [6.07, 6.45) is 6.24. The van der Waals surface area contributed by atoms with Gasteiger partial charge in [-0.1, -0.05) is 12.1 Å². The summed E-state index contributed by atoms with van der Waals surface area (Å²) in [7, 11) is 3.24. The van der Waals surface area contributed by atoms with Gasteiger partial charge in [0.2, 0.25) is 5.91 Å². The molecule has 1 aliphatic rings. The van der Waals surface area contributed by atoms with Crippen LogP contribution in [-0.2, 0) is 11.3 Å². The van der Waals surface area contributed by atoms with E-state index in [1.165, 1.54) is 18.3 Å². The number of pyridine rings is 1. The van der Waals surface area contributed by atoms with Crippen molar-refractivity contribution < 1.29 is 23.4 Å². The van der Waals surface area contributed by atoms with E-state index in [0.717, 1.165) is 25.2 Å². The Labute approximate surface area is 204 Å². The number of halogens is 1. The third-order valence-corrected chi connectivity index (χ3v) is 5.77. The van der Waals surface area contributed by atoms with Gasteiger partial charge in [0.25, 0.3) is 0 Å². The van der Waals surface area contributed by atoms with Crippen molar-refractivity contribution in [1.82, 2.24) is 14.8 Å². The number of amides is 1. The number of hydrogen-bond donors (Lipinski definition) is 0. The van der Waals surface area contributed by atoms with Gasteiger partial charge in [-0.05, 0) is 53.6 Å². The first-order chi connectivity index (χ1) is 17.1. The van der Waals surface area contributed by atoms with Crippen molar-refractivity contribution in [2.24, 2.45) is 0 Å². The normalized spacial score (nSPS) is 14.2. The summed E-state index contributed by atoms with van der Waals surface area (Å²) in [5, 5.41) is 0. The van der Waals surface area contributed by atoms with Crippen molar-refractivity contribution in [2.45, 2.75) is 6.54 Å². The number of methoxy groups -OCH3 is 2. The van der Waals surface area contributed by atoms with Crippen LogP contribution in [0.25, 0.3) is 6.08 Å². The molecule has 0 spiro atoms. The third kappa shape index (κ3) is 6.36. The summed E-state index contributed by atoms with van der Waals surface area (Å²) in [4.78, 5) is 20.7. The van der Waals surface area contributed by atoms with Crippen molar-refractivity contribution in [2.75, 3.05) is 40.4 Å². The first-order valence-corrected chi connectivity index (χ1v) is 11.3. The highest BCUT2D eigenvalue weighted by Gasteiger charge is 2.20. The first kappa shape index (κ1) is 24.2. The number of rotatable bonds is 8. The number of carbonyl (C=O) groups is 1. The van der Waals surface area contributed by atoms with E-state index < -0.39 is 5.82 Å². The molecule has 1 aromatic heterocycles. The quantitative estimate of drug-likeness (QED) is 0.449. The number of carbonyl (C=O) groups excluding carboxylic acids is 1. The Morgan fingerprint density at radius 1 is 1.00 bits per heavy atom. The highest BCUT2D eigenvalue weighted by Crippen LogP contribution is 2.28. The van der Waals surface area contributed by atoms with Crippen molar-refractivity contribution in [3.8, 4) is 23.0 Å². The molecule has 0 unspecified atom stereocenters. The Balaban J connectivity index is 1.28. The molecule has 2 aromatic carbocycles. The molecule has 0 bridgehead atoms. The van der Waals surface area contributed by atoms with Crippen LogP contribution in [0.4, 0.5) is 4.39 Å². The molecule has 2 heterocycles. The largest absolute Gasteiger partial charge is 0.493 e. The predicted octanol–water partition coefficient (Wildman–Crippen LogP) is 4.39. The molecule has 0 N–H and O–H groups in total. The summed E-state index contributed by atoms with van der Waals surface area (Å²) in [5.41, 5.74) is 1.71. The lowest BCUT2D eigenvalue weighted by Crippen LogP contribution is -2.47. The van der Waals surface area contributed by atoms with Gasteiger partial charge in [-0.3, -0.25) is 14.7 Å². The van der Waals surface area contributed by atoms with Crippen LogP contribution in [0.15, 0.2) is 67.0 Å². The van der Waals surface area contributed by atoms with Crippen molar-refractivity contribution >= 4 is 12.0 Å². The molecular weight excluding hydrogens is 449 g/mol. The van der Waals surface area contributed by atoms with E-state index in [1.807, 2.05) is 18.2 Å². The van der Waals surface area contributed by atoms with Gasteiger partial charge in [0, 0.05) is 45.0 Å². The van der Waals surface area contributed by atoms with Gasteiger partial charge >= 0.3 is 0 Å². The summed E-state index contributed by atoms with van der Waals surface area (Å²) >= 11 is 0. The summed E-state index contributed by atoms with van der Waals surface area (Å²) in [6.45, 7) is 3.56. The van der Waals surface area contributed by atoms with Crippen LogP contribution in [0.1, 0.15) is 11.1 Å². The molecule has 0 atom stereocenters. The van der Waals surface area contributed by atoms with E-state index in [1.54, 1.807) is 55.7 Å². The molecule has 35 heavy (non-hydrogen) atoms. The Kier molecular flexibility index (Phi) is 7.95. The Hall–Kier alpha value is -3.91. The maximum absolute atomic E-state index is 14.4. The van der Waals surface area contributed by atoms with E-state index in [0.29, 0.717) is 35.9 Å². The minimum atomic E-state index is -0.507. The zero-order valence-electron chi connectivity index (χ0n) is 19.8. The van der Waals surface area contributed by atoms with Crippen molar-refractivity contribution in [3.05, 3.63) is 83.9 Å². The molecule has 4 rings (SSSR count). The maximum atomic E-state index is 14.4. The Bertz CT molecular complexity index is 1180. The average Bonchev–Trinajstić information content (AvgIpc) is 2.89. The first-order valence-electron chi connectivity index (χ1n) is 11.3. The van der Waals surface area contributed by atoms with E-state index in [2.05, 4.69) is 9.88 Å². The summed E-state index contributed by atoms with van der Waals surface area (Å²) < 4.78 is 30.6. The molecule has 0 aliphatic carbocycles. The second-order valence-corrected chi connectivity index (χ2v) is 8.10. The van der Waals surface area contributed by atoms with Crippen LogP contribution in [0.2, 0.25) is 0 Å². The van der Waals surface area contributed by atoms with Gasteiger partial charge in [-0.2, -0.15) is 0 Å². The van der Waals surface area contributed by atoms with Crippen LogP contribution < -0.4 is 14.2 Å². The maximum Gasteiger partial charge on any atom is 0.246 e. The van der Waals surface area contributed by atoms with E-state index in [-0.39, 0.29) is 11.7 Å². The van der Waals surface area contributed by atoms with Crippen LogP contribution in [0, 0.1) is 5.82 Å². The number of benzene rings is 2. The zero-order valence-corrected chi connectivity index (χ0v) is 19.8. The zero-order chi connectivity index (χ0) is 24.6. The SMILES string of the molecule is COc1ccc(CN2CCN(C(=O)/C=C/c3ccc(Oc4cccnc4)c(F)c3)CC2)cc1OC. The number of hydrogen-bond acceptors (Lipinski definition) is 6. The van der Waals surface area contributed by atoms with Crippen LogP contribution in [0.3, 0.4) is 0 Å². The lowest BCUT2D eigenvalue weighted by atomic mass is 10.1. The fourth-order valence-electron chi connectivity index (χ4n) is 3.87. The number of nitrogens with zero attached hydrogens (tertiary/aromatic N) is 3. The van der Waals surface area contributed by atoms with E-state index >= 15 is 0 Å². The molecule has 1 fully saturated rings. The highest BCUT2D eigenvalue weighted by molar-refractivity contribution is 5.91. The smallest absolute Gasteiger partial charge is 0.246 e. The third-order valence-electron chi connectivity index (χ3n) is 5.77. The second kappa shape index (κ2) is 11.5. The molecule has 0 radical (unpaired) electrons. The highest BCUT2D eigenvalue weighted by atomic mass is 19.1. The Morgan fingerprint density at radius 3 is 2.46 bits per heavy atom. The monoisotopic (exact) mass is 477 g/mol. The fraction of sp³-hybridized carbons (Fsp3) is 0.259. The van der Waals surface area contributed by atoms with Crippen molar-refractivity contribution in [3.63, 3.8) is 0 Å². The van der Waals surface area contributed by atoms with Crippen molar-refractivity contribution in [1.29, 1.82) is 0 Å². The molecule has 182 valence electrons. The van der Waals surface area contributed by atoms with Crippen LogP contribution >= 0.6 is 0 Å². The standard InChI is InChI=1S/C27H28FN3O4/c1-33-25-9-6-21(17-26(25)34-2)19-30-12-14-31(15-13-30)27(32)10-7-20-5-8-24(23(28)16-20)35-22-4-3-11-29-18-22/h3-11,16-18H,12-15,19H2,1-2H3/b10-7+. The summed E-state index contributed by atoms with van der Waals surface area (Å²) in [6, 6.07) is 13.9. The number of ether oxygens (including phenoxy) is 3. The van der Waals surface area contributed by atoms with Gasteiger partial charge < -0.3 is 19.1 Å². The van der Waals surface area contributed by atoms with E-state index in [4.69, 9.17) is 14.2 Å². The predicted molar refractivity (Wildman–Crippen MR) is 131 cm³/mol. The fourth-order valence-corrected chi connectivity index (χ4v) is 3.87. The molecule has 1 amide bonds. The molecule has 8 heteroatoms. The molecule has 1 saturated heterocycles. The van der Waals surface area contributed by atoms with Gasteiger partial charge in [-0.25, -0.2) is 4.39 Å². The minimum absolute atomic E-state index is 0.0909. The Morgan fingerprint density at radius 2 is 1.77 bits per heavy atom. The van der Waals surface area contributed by atoms with Gasteiger partial charge in [0.1, 0.15) is 5.75 Å². The molecule has 0 saturated carbocycles. The van der Waals surface area contributed by atoms with Gasteiger partial charge in [-0.15, -0.1) is 0 Å². The lowest BCUT2D eigenvalue weighted by molar-refractivity contribution is -0.127. The number of piperazine rings is 1. The summed E-state index contributed by atoms with van der Waals surface area (Å²) in [5.74, 6) is 1.37. The lowest BCUT2D eigenvalue weighted by Gasteiger charge is -2.34. The van der Waals surface area contributed by atoms with Crippen LogP contribution in [-0.4, -0.2) is 61.1 Å². The molecule has 3 aromatic rings. The average molecular weight is 478 g/mol. The number of aromatic nitrogens is 1. The second-order valence-electron chi connectivity index (χ2n) is 8.10. The minimum Gasteiger partial charge on any atom is -0.493 e. The van der Waals surface area contributed by atoms with Gasteiger partial charge in [0.15, 0.2) is 23.1 Å². The van der Waals surface area contributed by atoms with E-state index in [9.17, 15) is 9.18 Å². The molecular formula is C27H28FN3O4. The molecule has 1 aliphatic heterocycles. The topological polar surface area (TPSA) is 64.1 Å². The molecule has 7 nitrogen and oxygen atoms in total. The van der Waals surface area contributed by atoms with Gasteiger partial charge in [0.05, 0.1) is 20.4 Å².